The molecule has 1 atom stereocenters. The van der Waals surface area contributed by atoms with Crippen LogP contribution < -0.4 is 4.74 Å². The van der Waals surface area contributed by atoms with Crippen molar-refractivity contribution in [2.75, 3.05) is 0 Å². The van der Waals surface area contributed by atoms with E-state index in [4.69, 9.17) is 4.74 Å². The highest BCUT2D eigenvalue weighted by Gasteiger charge is 2.21. The summed E-state index contributed by atoms with van der Waals surface area (Å²) < 4.78 is 5.85. The van der Waals surface area contributed by atoms with Crippen LogP contribution in [0.5, 0.6) is 5.75 Å². The number of carboxylic acids is 1. The van der Waals surface area contributed by atoms with Gasteiger partial charge in [0.05, 0.1) is 0 Å². The predicted molar refractivity (Wildman–Crippen MR) is 92.3 cm³/mol. The number of carbonyl (C=O) groups is 1. The lowest BCUT2D eigenvalue weighted by atomic mass is 10.0. The van der Waals surface area contributed by atoms with Gasteiger partial charge in [-0.05, 0) is 62.9 Å². The van der Waals surface area contributed by atoms with Gasteiger partial charge in [-0.3, -0.25) is 0 Å². The van der Waals surface area contributed by atoms with Crippen LogP contribution in [0, 0.1) is 34.6 Å². The van der Waals surface area contributed by atoms with E-state index >= 15 is 0 Å². The maximum atomic E-state index is 11.6. The molecule has 2 aromatic rings. The van der Waals surface area contributed by atoms with Crippen LogP contribution in [0.3, 0.4) is 0 Å². The first-order valence-electron chi connectivity index (χ1n) is 7.80. The Labute approximate surface area is 137 Å². The summed E-state index contributed by atoms with van der Waals surface area (Å²) in [4.78, 5) is 11.6. The largest absolute Gasteiger partial charge is 0.478 e. The summed E-state index contributed by atoms with van der Waals surface area (Å²) in [7, 11) is 0. The normalized spacial score (nSPS) is 12.0. The van der Waals surface area contributed by atoms with Crippen molar-refractivity contribution in [1.82, 2.24) is 0 Å². The Bertz CT molecular complexity index is 712. The van der Waals surface area contributed by atoms with Crippen molar-refractivity contribution in [3.63, 3.8) is 0 Å². The first-order chi connectivity index (χ1) is 10.8. The van der Waals surface area contributed by atoms with Crippen molar-refractivity contribution in [3.05, 3.63) is 63.7 Å². The van der Waals surface area contributed by atoms with Gasteiger partial charge in [0.15, 0.2) is 6.10 Å². The van der Waals surface area contributed by atoms with Gasteiger partial charge in [-0.1, -0.05) is 35.4 Å². The second-order valence-electron chi connectivity index (χ2n) is 6.35. The SMILES string of the molecule is Cc1cc(C)cc(C[C@H](Oc2cc(C)cc(C)c2C)C(=O)O)c1. The number of carboxylic acid groups (broad SMARTS) is 1. The average molecular weight is 312 g/mol. The predicted octanol–water partition coefficient (Wildman–Crippen LogP) is 4.30. The third-order valence-electron chi connectivity index (χ3n) is 4.01. The van der Waals surface area contributed by atoms with Crippen LogP contribution in [0.25, 0.3) is 0 Å². The smallest absolute Gasteiger partial charge is 0.345 e. The molecule has 0 heterocycles. The number of ether oxygens (including phenoxy) is 1. The summed E-state index contributed by atoms with van der Waals surface area (Å²) in [6.45, 7) is 9.98. The first kappa shape index (κ1) is 17.1. The van der Waals surface area contributed by atoms with E-state index < -0.39 is 12.1 Å². The van der Waals surface area contributed by atoms with Gasteiger partial charge in [0.2, 0.25) is 0 Å². The minimum absolute atomic E-state index is 0.351. The van der Waals surface area contributed by atoms with Gasteiger partial charge in [-0.15, -0.1) is 0 Å². The zero-order valence-electron chi connectivity index (χ0n) is 14.4. The zero-order valence-corrected chi connectivity index (χ0v) is 14.4. The maximum Gasteiger partial charge on any atom is 0.345 e. The highest BCUT2D eigenvalue weighted by atomic mass is 16.5. The molecule has 0 saturated heterocycles. The number of benzene rings is 2. The maximum absolute atomic E-state index is 11.6. The van der Waals surface area contributed by atoms with E-state index in [0.717, 1.165) is 33.4 Å². The summed E-state index contributed by atoms with van der Waals surface area (Å²) in [6, 6.07) is 10.1. The minimum Gasteiger partial charge on any atom is -0.478 e. The van der Waals surface area contributed by atoms with Gasteiger partial charge in [0.25, 0.3) is 0 Å². The Hall–Kier alpha value is -2.29. The molecule has 0 aliphatic carbocycles. The molecule has 2 aromatic carbocycles. The highest BCUT2D eigenvalue weighted by molar-refractivity contribution is 5.73. The van der Waals surface area contributed by atoms with Crippen LogP contribution >= 0.6 is 0 Å². The van der Waals surface area contributed by atoms with Crippen molar-refractivity contribution in [1.29, 1.82) is 0 Å². The van der Waals surface area contributed by atoms with Crippen molar-refractivity contribution in [3.8, 4) is 5.75 Å². The molecule has 0 spiro atoms. The summed E-state index contributed by atoms with van der Waals surface area (Å²) in [5, 5.41) is 9.54. The van der Waals surface area contributed by atoms with Gasteiger partial charge in [0.1, 0.15) is 5.75 Å². The molecule has 0 aliphatic rings. The summed E-state index contributed by atoms with van der Waals surface area (Å²) in [5.41, 5.74) is 6.41. The summed E-state index contributed by atoms with van der Waals surface area (Å²) in [6.07, 6.45) is -0.541. The Balaban J connectivity index is 2.28. The molecule has 0 aliphatic heterocycles. The molecule has 0 amide bonds. The second kappa shape index (κ2) is 6.86. The minimum atomic E-state index is -0.942. The lowest BCUT2D eigenvalue weighted by Gasteiger charge is -2.19. The van der Waals surface area contributed by atoms with Gasteiger partial charge in [0, 0.05) is 6.42 Å². The highest BCUT2D eigenvalue weighted by Crippen LogP contribution is 2.25. The fraction of sp³-hybridized carbons (Fsp3) is 0.350. The van der Waals surface area contributed by atoms with Gasteiger partial charge in [-0.25, -0.2) is 4.79 Å². The van der Waals surface area contributed by atoms with Gasteiger partial charge < -0.3 is 9.84 Å². The molecule has 3 heteroatoms. The molecule has 0 saturated carbocycles. The molecular weight excluding hydrogens is 288 g/mol. The number of hydrogen-bond donors (Lipinski definition) is 1. The molecule has 0 unspecified atom stereocenters. The third-order valence-corrected chi connectivity index (χ3v) is 4.01. The molecule has 0 fully saturated rings. The molecule has 0 aromatic heterocycles. The summed E-state index contributed by atoms with van der Waals surface area (Å²) in [5.74, 6) is -0.290. The van der Waals surface area contributed by atoms with Crippen molar-refractivity contribution < 1.29 is 14.6 Å². The monoisotopic (exact) mass is 312 g/mol. The quantitative estimate of drug-likeness (QED) is 0.895. The Kier molecular flexibility index (Phi) is 5.09. The van der Waals surface area contributed by atoms with Gasteiger partial charge >= 0.3 is 5.97 Å². The van der Waals surface area contributed by atoms with Crippen molar-refractivity contribution >= 4 is 5.97 Å². The number of rotatable bonds is 5. The fourth-order valence-electron chi connectivity index (χ4n) is 2.86. The second-order valence-corrected chi connectivity index (χ2v) is 6.35. The van der Waals surface area contributed by atoms with Crippen LogP contribution in [0.2, 0.25) is 0 Å². The van der Waals surface area contributed by atoms with E-state index in [1.54, 1.807) is 0 Å². The zero-order chi connectivity index (χ0) is 17.1. The van der Waals surface area contributed by atoms with E-state index in [9.17, 15) is 9.90 Å². The average Bonchev–Trinajstić information content (AvgIpc) is 2.42. The Morgan fingerprint density at radius 3 is 2.09 bits per heavy atom. The first-order valence-corrected chi connectivity index (χ1v) is 7.80. The Morgan fingerprint density at radius 1 is 0.957 bits per heavy atom. The lowest BCUT2D eigenvalue weighted by molar-refractivity contribution is -0.145. The topological polar surface area (TPSA) is 46.5 Å². The van der Waals surface area contributed by atoms with Gasteiger partial charge in [-0.2, -0.15) is 0 Å². The number of aliphatic carboxylic acids is 1. The van der Waals surface area contributed by atoms with E-state index in [1.807, 2.05) is 52.8 Å². The van der Waals surface area contributed by atoms with Crippen LogP contribution in [-0.2, 0) is 11.2 Å². The number of aryl methyl sites for hydroxylation is 4. The fourth-order valence-corrected chi connectivity index (χ4v) is 2.86. The standard InChI is InChI=1S/C20H24O3/c1-12-6-13(2)9-17(8-12)11-19(20(21)22)23-18-10-14(3)7-15(4)16(18)5/h6-10,19H,11H2,1-5H3,(H,21,22)/t19-/m0/s1. The van der Waals surface area contributed by atoms with Crippen LogP contribution in [-0.4, -0.2) is 17.2 Å². The molecule has 23 heavy (non-hydrogen) atoms. The molecule has 0 bridgehead atoms. The van der Waals surface area contributed by atoms with Crippen molar-refractivity contribution in [2.45, 2.75) is 47.1 Å². The molecule has 122 valence electrons. The van der Waals surface area contributed by atoms with Crippen LogP contribution in [0.4, 0.5) is 0 Å². The van der Waals surface area contributed by atoms with Crippen molar-refractivity contribution in [2.24, 2.45) is 0 Å². The lowest BCUT2D eigenvalue weighted by Crippen LogP contribution is -2.29. The third kappa shape index (κ3) is 4.35. The summed E-state index contributed by atoms with van der Waals surface area (Å²) >= 11 is 0. The number of hydrogen-bond acceptors (Lipinski definition) is 2. The van der Waals surface area contributed by atoms with E-state index in [1.165, 1.54) is 0 Å². The molecule has 0 radical (unpaired) electrons. The van der Waals surface area contributed by atoms with E-state index in [0.29, 0.717) is 12.2 Å². The molecule has 3 nitrogen and oxygen atoms in total. The molecule has 1 N–H and O–H groups in total. The van der Waals surface area contributed by atoms with Crippen LogP contribution in [0.1, 0.15) is 33.4 Å². The van der Waals surface area contributed by atoms with E-state index in [2.05, 4.69) is 12.1 Å². The van der Waals surface area contributed by atoms with Crippen LogP contribution in [0.15, 0.2) is 30.3 Å². The molecule has 2 rings (SSSR count). The van der Waals surface area contributed by atoms with E-state index in [-0.39, 0.29) is 0 Å². The molecular formula is C20H24O3. The Morgan fingerprint density at radius 2 is 1.52 bits per heavy atom.